The Kier molecular flexibility index (Phi) is 3.98. The molecule has 0 radical (unpaired) electrons. The molecule has 1 amide bonds. The van der Waals surface area contributed by atoms with Crippen molar-refractivity contribution >= 4 is 23.4 Å². The molecule has 1 aliphatic heterocycles. The summed E-state index contributed by atoms with van der Waals surface area (Å²) in [5.41, 5.74) is 0.999. The molecule has 1 saturated heterocycles. The highest BCUT2D eigenvalue weighted by molar-refractivity contribution is 8.00. The molecule has 3 heteroatoms. The minimum absolute atomic E-state index is 0.0506. The molecule has 0 aromatic heterocycles. The second-order valence-corrected chi connectivity index (χ2v) is 6.32. The Hall–Kier alpha value is -1.40. The third-order valence-electron chi connectivity index (χ3n) is 2.88. The first kappa shape index (κ1) is 13.0. The number of amides is 1. The fourth-order valence-corrected chi connectivity index (χ4v) is 3.05. The van der Waals surface area contributed by atoms with E-state index in [0.29, 0.717) is 18.2 Å². The summed E-state index contributed by atoms with van der Waals surface area (Å²) < 4.78 is 0. The average Bonchev–Trinajstić information content (AvgIpc) is 2.70. The Morgan fingerprint density at radius 2 is 2.17 bits per heavy atom. The maximum Gasteiger partial charge on any atom is 0.228 e. The molecule has 1 fully saturated rings. The van der Waals surface area contributed by atoms with Gasteiger partial charge in [0, 0.05) is 29.0 Å². The molecule has 1 heterocycles. The van der Waals surface area contributed by atoms with Crippen LogP contribution in [0.1, 0.15) is 20.3 Å². The van der Waals surface area contributed by atoms with E-state index < -0.39 is 0 Å². The van der Waals surface area contributed by atoms with Crippen LogP contribution in [0.3, 0.4) is 0 Å². The summed E-state index contributed by atoms with van der Waals surface area (Å²) in [6, 6.07) is 8.04. The van der Waals surface area contributed by atoms with Crippen LogP contribution in [-0.2, 0) is 4.79 Å². The zero-order valence-electron chi connectivity index (χ0n) is 10.7. The monoisotopic (exact) mass is 259 g/mol. The zero-order valence-corrected chi connectivity index (χ0v) is 11.5. The highest BCUT2D eigenvalue weighted by atomic mass is 32.2. The van der Waals surface area contributed by atoms with Crippen LogP contribution < -0.4 is 4.90 Å². The smallest absolute Gasteiger partial charge is 0.228 e. The van der Waals surface area contributed by atoms with Crippen molar-refractivity contribution in [2.45, 2.75) is 30.4 Å². The van der Waals surface area contributed by atoms with Gasteiger partial charge in [0.15, 0.2) is 0 Å². The van der Waals surface area contributed by atoms with E-state index in [1.165, 1.54) is 0 Å². The van der Waals surface area contributed by atoms with Crippen LogP contribution in [0.5, 0.6) is 0 Å². The second kappa shape index (κ2) is 5.49. The molecule has 1 unspecified atom stereocenters. The number of hydrogen-bond acceptors (Lipinski definition) is 2. The molecule has 0 spiro atoms. The number of para-hydroxylation sites is 1. The summed E-state index contributed by atoms with van der Waals surface area (Å²) in [4.78, 5) is 15.0. The van der Waals surface area contributed by atoms with E-state index in [0.717, 1.165) is 10.6 Å². The van der Waals surface area contributed by atoms with Gasteiger partial charge in [-0.25, -0.2) is 0 Å². The highest BCUT2D eigenvalue weighted by Gasteiger charge is 2.30. The molecule has 0 saturated carbocycles. The van der Waals surface area contributed by atoms with Gasteiger partial charge in [-0.3, -0.25) is 4.79 Å². The topological polar surface area (TPSA) is 20.3 Å². The van der Waals surface area contributed by atoms with Crippen molar-refractivity contribution < 1.29 is 4.79 Å². The number of anilines is 1. The van der Waals surface area contributed by atoms with E-state index in [1.54, 1.807) is 11.8 Å². The number of hydrogen-bond donors (Lipinski definition) is 0. The molecular weight excluding hydrogens is 242 g/mol. The number of nitrogens with zero attached hydrogens (tertiary/aromatic N) is 1. The molecule has 0 bridgehead atoms. The maximum absolute atomic E-state index is 12.0. The highest BCUT2D eigenvalue weighted by Crippen LogP contribution is 2.35. The second-order valence-electron chi connectivity index (χ2n) is 4.71. The molecule has 18 heavy (non-hydrogen) atoms. The average molecular weight is 259 g/mol. The Bertz CT molecular complexity index is 490. The molecule has 2 rings (SSSR count). The Balaban J connectivity index is 2.28. The molecule has 1 aromatic carbocycles. The van der Waals surface area contributed by atoms with Gasteiger partial charge in [0.2, 0.25) is 5.91 Å². The summed E-state index contributed by atoms with van der Waals surface area (Å²) in [6.07, 6.45) is 5.89. The number of terminal acetylenes is 1. The Labute approximate surface area is 113 Å². The van der Waals surface area contributed by atoms with E-state index in [2.05, 4.69) is 25.8 Å². The number of rotatable bonds is 3. The maximum atomic E-state index is 12.0. The minimum atomic E-state index is 0.0506. The molecule has 2 nitrogen and oxygen atoms in total. The minimum Gasteiger partial charge on any atom is -0.310 e. The lowest BCUT2D eigenvalue weighted by Crippen LogP contribution is -2.25. The summed E-state index contributed by atoms with van der Waals surface area (Å²) in [6.45, 7) is 4.94. The van der Waals surface area contributed by atoms with E-state index in [1.807, 2.05) is 23.1 Å². The number of carbonyl (C=O) groups excluding carboxylic acids is 1. The lowest BCUT2D eigenvalue weighted by molar-refractivity contribution is -0.117. The SMILES string of the molecule is C#CC1CC(=O)N(c2ccccc2SC(C)C)C1. The van der Waals surface area contributed by atoms with Crippen LogP contribution >= 0.6 is 11.8 Å². The molecule has 94 valence electrons. The van der Waals surface area contributed by atoms with Crippen molar-refractivity contribution in [2.75, 3.05) is 11.4 Å². The van der Waals surface area contributed by atoms with E-state index in [4.69, 9.17) is 6.42 Å². The van der Waals surface area contributed by atoms with Crippen molar-refractivity contribution in [1.29, 1.82) is 0 Å². The fourth-order valence-electron chi connectivity index (χ4n) is 2.09. The molecule has 0 aliphatic carbocycles. The third kappa shape index (κ3) is 2.70. The standard InChI is InChI=1S/C15H17NOS/c1-4-12-9-15(17)16(10-12)13-7-5-6-8-14(13)18-11(2)3/h1,5-8,11-12H,9-10H2,2-3H3. The lowest BCUT2D eigenvalue weighted by Gasteiger charge is -2.20. The molecule has 0 N–H and O–H groups in total. The number of benzene rings is 1. The summed E-state index contributed by atoms with van der Waals surface area (Å²) in [5, 5.41) is 0.493. The van der Waals surface area contributed by atoms with E-state index in [9.17, 15) is 4.79 Å². The third-order valence-corrected chi connectivity index (χ3v) is 3.95. The van der Waals surface area contributed by atoms with Gasteiger partial charge < -0.3 is 4.90 Å². The summed E-state index contributed by atoms with van der Waals surface area (Å²) in [5.74, 6) is 2.87. The molecule has 1 atom stereocenters. The quantitative estimate of drug-likeness (QED) is 0.614. The molecule has 1 aliphatic rings. The van der Waals surface area contributed by atoms with Crippen LogP contribution in [0.2, 0.25) is 0 Å². The largest absolute Gasteiger partial charge is 0.310 e. The number of thioether (sulfide) groups is 1. The van der Waals surface area contributed by atoms with Crippen LogP contribution in [-0.4, -0.2) is 17.7 Å². The molecular formula is C15H17NOS. The first-order valence-corrected chi connectivity index (χ1v) is 7.02. The van der Waals surface area contributed by atoms with Gasteiger partial charge in [-0.2, -0.15) is 0 Å². The van der Waals surface area contributed by atoms with Gasteiger partial charge in [0.1, 0.15) is 0 Å². The van der Waals surface area contributed by atoms with Gasteiger partial charge in [-0.05, 0) is 12.1 Å². The summed E-state index contributed by atoms with van der Waals surface area (Å²) in [7, 11) is 0. The zero-order chi connectivity index (χ0) is 13.1. The first-order valence-electron chi connectivity index (χ1n) is 6.14. The van der Waals surface area contributed by atoms with Crippen LogP contribution in [0.4, 0.5) is 5.69 Å². The van der Waals surface area contributed by atoms with Crippen LogP contribution in [0.15, 0.2) is 29.2 Å². The van der Waals surface area contributed by atoms with Gasteiger partial charge in [0.05, 0.1) is 5.69 Å². The lowest BCUT2D eigenvalue weighted by atomic mass is 10.1. The Morgan fingerprint density at radius 3 is 2.78 bits per heavy atom. The molecule has 1 aromatic rings. The van der Waals surface area contributed by atoms with Crippen molar-refractivity contribution in [2.24, 2.45) is 5.92 Å². The van der Waals surface area contributed by atoms with Crippen LogP contribution in [0, 0.1) is 18.3 Å². The van der Waals surface area contributed by atoms with E-state index in [-0.39, 0.29) is 11.8 Å². The van der Waals surface area contributed by atoms with Gasteiger partial charge in [-0.1, -0.05) is 26.0 Å². The van der Waals surface area contributed by atoms with Gasteiger partial charge in [-0.15, -0.1) is 24.1 Å². The van der Waals surface area contributed by atoms with Gasteiger partial charge >= 0.3 is 0 Å². The van der Waals surface area contributed by atoms with Crippen molar-refractivity contribution in [3.8, 4) is 12.3 Å². The van der Waals surface area contributed by atoms with Crippen LogP contribution in [0.25, 0.3) is 0 Å². The number of carbonyl (C=O) groups is 1. The normalized spacial score (nSPS) is 19.3. The summed E-state index contributed by atoms with van der Waals surface area (Å²) >= 11 is 1.78. The van der Waals surface area contributed by atoms with Gasteiger partial charge in [0.25, 0.3) is 0 Å². The Morgan fingerprint density at radius 1 is 1.44 bits per heavy atom. The van der Waals surface area contributed by atoms with E-state index >= 15 is 0 Å². The van der Waals surface area contributed by atoms with Crippen molar-refractivity contribution in [1.82, 2.24) is 0 Å². The fraction of sp³-hybridized carbons (Fsp3) is 0.400. The predicted molar refractivity (Wildman–Crippen MR) is 76.7 cm³/mol. The first-order chi connectivity index (χ1) is 8.61. The van der Waals surface area contributed by atoms with Crippen molar-refractivity contribution in [3.63, 3.8) is 0 Å². The van der Waals surface area contributed by atoms with Crippen molar-refractivity contribution in [3.05, 3.63) is 24.3 Å². The predicted octanol–water partition coefficient (Wildman–Crippen LogP) is 3.17.